The second kappa shape index (κ2) is 8.55. The van der Waals surface area contributed by atoms with Crippen LogP contribution < -0.4 is 14.8 Å². The van der Waals surface area contributed by atoms with Crippen molar-refractivity contribution in [3.8, 4) is 17.6 Å². The van der Waals surface area contributed by atoms with E-state index in [2.05, 4.69) is 5.32 Å². The normalized spacial score (nSPS) is 10.7. The van der Waals surface area contributed by atoms with E-state index in [4.69, 9.17) is 9.47 Å². The minimum Gasteiger partial charge on any atom is -0.493 e. The molecule has 2 rings (SSSR count). The van der Waals surface area contributed by atoms with Gasteiger partial charge in [0.2, 0.25) is 0 Å². The fourth-order valence-corrected chi connectivity index (χ4v) is 2.33. The van der Waals surface area contributed by atoms with E-state index in [9.17, 15) is 10.1 Å². The van der Waals surface area contributed by atoms with Crippen LogP contribution in [0.1, 0.15) is 16.7 Å². The van der Waals surface area contributed by atoms with Gasteiger partial charge in [-0.05, 0) is 41.8 Å². The summed E-state index contributed by atoms with van der Waals surface area (Å²) in [5.74, 6) is 0.728. The number of methoxy groups -OCH3 is 2. The molecule has 2 aromatic rings. The predicted molar refractivity (Wildman–Crippen MR) is 96.2 cm³/mol. The van der Waals surface area contributed by atoms with Gasteiger partial charge in [-0.3, -0.25) is 4.79 Å². The summed E-state index contributed by atoms with van der Waals surface area (Å²) in [6, 6.07) is 15.0. The third-order valence-corrected chi connectivity index (χ3v) is 3.73. The van der Waals surface area contributed by atoms with Crippen molar-refractivity contribution in [3.05, 3.63) is 64.7 Å². The Labute approximate surface area is 147 Å². The molecule has 0 aliphatic carbocycles. The van der Waals surface area contributed by atoms with E-state index >= 15 is 0 Å². The predicted octanol–water partition coefficient (Wildman–Crippen LogP) is 3.24. The molecule has 0 spiro atoms. The standard InChI is InChI=1S/C20H20N2O3/c1-14-9-18(24-2)19(25-3)11-16(14)10-17(12-21)20(23)22-13-15-7-5-4-6-8-15/h4-11H,13H2,1-3H3,(H,22,23)/b17-10-. The smallest absolute Gasteiger partial charge is 0.262 e. The third-order valence-electron chi connectivity index (χ3n) is 3.73. The molecule has 0 unspecified atom stereocenters. The van der Waals surface area contributed by atoms with E-state index in [0.717, 1.165) is 16.7 Å². The van der Waals surface area contributed by atoms with Gasteiger partial charge < -0.3 is 14.8 Å². The lowest BCUT2D eigenvalue weighted by molar-refractivity contribution is -0.117. The quantitative estimate of drug-likeness (QED) is 0.649. The summed E-state index contributed by atoms with van der Waals surface area (Å²) in [4.78, 5) is 12.3. The molecule has 0 atom stereocenters. The molecule has 5 heteroatoms. The monoisotopic (exact) mass is 336 g/mol. The zero-order chi connectivity index (χ0) is 18.2. The lowest BCUT2D eigenvalue weighted by Crippen LogP contribution is -2.23. The van der Waals surface area contributed by atoms with E-state index in [0.29, 0.717) is 18.0 Å². The van der Waals surface area contributed by atoms with Gasteiger partial charge >= 0.3 is 0 Å². The van der Waals surface area contributed by atoms with Crippen LogP contribution in [0.5, 0.6) is 11.5 Å². The summed E-state index contributed by atoms with van der Waals surface area (Å²) in [5, 5.41) is 12.1. The summed E-state index contributed by atoms with van der Waals surface area (Å²) < 4.78 is 10.5. The Balaban J connectivity index is 2.22. The van der Waals surface area contributed by atoms with E-state index in [1.165, 1.54) is 0 Å². The zero-order valence-electron chi connectivity index (χ0n) is 14.5. The van der Waals surface area contributed by atoms with Crippen LogP contribution in [0.15, 0.2) is 48.0 Å². The zero-order valence-corrected chi connectivity index (χ0v) is 14.5. The maximum atomic E-state index is 12.3. The Morgan fingerprint density at radius 1 is 1.16 bits per heavy atom. The van der Waals surface area contributed by atoms with Crippen molar-refractivity contribution in [1.29, 1.82) is 5.26 Å². The average molecular weight is 336 g/mol. The van der Waals surface area contributed by atoms with Gasteiger partial charge in [-0.15, -0.1) is 0 Å². The van der Waals surface area contributed by atoms with Crippen LogP contribution in [0.4, 0.5) is 0 Å². The fraction of sp³-hybridized carbons (Fsp3) is 0.200. The fourth-order valence-electron chi connectivity index (χ4n) is 2.33. The number of benzene rings is 2. The largest absolute Gasteiger partial charge is 0.493 e. The second-order valence-corrected chi connectivity index (χ2v) is 5.40. The number of nitriles is 1. The number of carbonyl (C=O) groups is 1. The van der Waals surface area contributed by atoms with Crippen LogP contribution in [0, 0.1) is 18.3 Å². The molecule has 0 aromatic heterocycles. The van der Waals surface area contributed by atoms with Gasteiger partial charge in [-0.2, -0.15) is 5.26 Å². The minimum absolute atomic E-state index is 0.0336. The number of rotatable bonds is 6. The first-order chi connectivity index (χ1) is 12.1. The molecule has 0 radical (unpaired) electrons. The van der Waals surface area contributed by atoms with Crippen LogP contribution >= 0.6 is 0 Å². The Bertz CT molecular complexity index is 821. The summed E-state index contributed by atoms with van der Waals surface area (Å²) in [7, 11) is 3.10. The molecule has 1 N–H and O–H groups in total. The van der Waals surface area contributed by atoms with Crippen LogP contribution in [0.2, 0.25) is 0 Å². The van der Waals surface area contributed by atoms with Crippen molar-refractivity contribution in [2.75, 3.05) is 14.2 Å². The molecule has 1 amide bonds. The molecule has 0 fully saturated rings. The Morgan fingerprint density at radius 3 is 2.40 bits per heavy atom. The first-order valence-corrected chi connectivity index (χ1v) is 7.75. The van der Waals surface area contributed by atoms with Gasteiger partial charge in [0.15, 0.2) is 11.5 Å². The Morgan fingerprint density at radius 2 is 1.80 bits per heavy atom. The van der Waals surface area contributed by atoms with Crippen LogP contribution in [0.3, 0.4) is 0 Å². The highest BCUT2D eigenvalue weighted by Gasteiger charge is 2.12. The maximum Gasteiger partial charge on any atom is 0.262 e. The van der Waals surface area contributed by atoms with Crippen molar-refractivity contribution in [2.24, 2.45) is 0 Å². The summed E-state index contributed by atoms with van der Waals surface area (Å²) >= 11 is 0. The highest BCUT2D eigenvalue weighted by molar-refractivity contribution is 6.01. The highest BCUT2D eigenvalue weighted by atomic mass is 16.5. The lowest BCUT2D eigenvalue weighted by Gasteiger charge is -2.11. The number of nitrogens with zero attached hydrogens (tertiary/aromatic N) is 1. The van der Waals surface area contributed by atoms with Crippen LogP contribution in [-0.4, -0.2) is 20.1 Å². The topological polar surface area (TPSA) is 71.3 Å². The van der Waals surface area contributed by atoms with Gasteiger partial charge in [-0.25, -0.2) is 0 Å². The maximum absolute atomic E-state index is 12.3. The van der Waals surface area contributed by atoms with Gasteiger partial charge in [0, 0.05) is 6.54 Å². The number of hydrogen-bond donors (Lipinski definition) is 1. The van der Waals surface area contributed by atoms with Crippen molar-refractivity contribution in [2.45, 2.75) is 13.5 Å². The number of hydrogen-bond acceptors (Lipinski definition) is 4. The Kier molecular flexibility index (Phi) is 6.19. The van der Waals surface area contributed by atoms with Gasteiger partial charge in [-0.1, -0.05) is 30.3 Å². The van der Waals surface area contributed by atoms with Crippen molar-refractivity contribution < 1.29 is 14.3 Å². The molecule has 0 heterocycles. The van der Waals surface area contributed by atoms with Crippen LogP contribution in [-0.2, 0) is 11.3 Å². The number of nitrogens with one attached hydrogen (secondary N) is 1. The van der Waals surface area contributed by atoms with E-state index in [-0.39, 0.29) is 5.57 Å². The minimum atomic E-state index is -0.416. The van der Waals surface area contributed by atoms with Gasteiger partial charge in [0.25, 0.3) is 5.91 Å². The molecule has 0 saturated carbocycles. The molecule has 0 saturated heterocycles. The molecular formula is C20H20N2O3. The van der Waals surface area contributed by atoms with Gasteiger partial charge in [0.05, 0.1) is 14.2 Å². The second-order valence-electron chi connectivity index (χ2n) is 5.40. The molecule has 0 bridgehead atoms. The SMILES string of the molecule is COc1cc(C)c(/C=C(/C#N)C(=O)NCc2ccccc2)cc1OC. The van der Waals surface area contributed by atoms with E-state index < -0.39 is 5.91 Å². The molecule has 25 heavy (non-hydrogen) atoms. The lowest BCUT2D eigenvalue weighted by atomic mass is 10.0. The molecule has 0 aliphatic heterocycles. The van der Waals surface area contributed by atoms with Crippen LogP contribution in [0.25, 0.3) is 6.08 Å². The number of ether oxygens (including phenoxy) is 2. The summed E-state index contributed by atoms with van der Waals surface area (Å²) in [6.45, 7) is 2.24. The van der Waals surface area contributed by atoms with Gasteiger partial charge in [0.1, 0.15) is 11.6 Å². The Hall–Kier alpha value is -3.26. The molecule has 5 nitrogen and oxygen atoms in total. The number of aryl methyl sites for hydroxylation is 1. The van der Waals surface area contributed by atoms with Crippen molar-refractivity contribution in [1.82, 2.24) is 5.32 Å². The summed E-state index contributed by atoms with van der Waals surface area (Å²) in [6.07, 6.45) is 1.55. The number of carbonyl (C=O) groups excluding carboxylic acids is 1. The first kappa shape index (κ1) is 18.1. The molecule has 2 aromatic carbocycles. The van der Waals surface area contributed by atoms with Crippen molar-refractivity contribution >= 4 is 12.0 Å². The molecule has 0 aliphatic rings. The van der Waals surface area contributed by atoms with E-state index in [1.807, 2.05) is 49.4 Å². The molecular weight excluding hydrogens is 316 g/mol. The number of amides is 1. The first-order valence-electron chi connectivity index (χ1n) is 7.75. The highest BCUT2D eigenvalue weighted by Crippen LogP contribution is 2.31. The van der Waals surface area contributed by atoms with E-state index in [1.54, 1.807) is 26.4 Å². The third kappa shape index (κ3) is 4.61. The summed E-state index contributed by atoms with van der Waals surface area (Å²) in [5.41, 5.74) is 2.60. The average Bonchev–Trinajstić information content (AvgIpc) is 2.65. The molecule has 128 valence electrons. The van der Waals surface area contributed by atoms with Crippen molar-refractivity contribution in [3.63, 3.8) is 0 Å².